The summed E-state index contributed by atoms with van der Waals surface area (Å²) in [5, 5.41) is 3.53. The first-order chi connectivity index (χ1) is 7.20. The maximum atomic E-state index is 11.5. The van der Waals surface area contributed by atoms with Crippen LogP contribution < -0.4 is 0 Å². The highest BCUT2D eigenvalue weighted by molar-refractivity contribution is 7.08. The number of hydrogen-bond acceptors (Lipinski definition) is 5. The van der Waals surface area contributed by atoms with E-state index in [1.807, 2.05) is 0 Å². The van der Waals surface area contributed by atoms with Gasteiger partial charge in [0.1, 0.15) is 0 Å². The van der Waals surface area contributed by atoms with Crippen molar-refractivity contribution in [3.63, 3.8) is 0 Å². The van der Waals surface area contributed by atoms with E-state index in [4.69, 9.17) is 4.74 Å². The molecular weight excluding hydrogens is 216 g/mol. The van der Waals surface area contributed by atoms with Gasteiger partial charge in [-0.3, -0.25) is 9.59 Å². The van der Waals surface area contributed by atoms with Crippen molar-refractivity contribution in [2.45, 2.75) is 12.8 Å². The van der Waals surface area contributed by atoms with Crippen molar-refractivity contribution in [1.29, 1.82) is 0 Å². The molecule has 0 bridgehead atoms. The van der Waals surface area contributed by atoms with Crippen LogP contribution in [0, 0.1) is 0 Å². The van der Waals surface area contributed by atoms with Gasteiger partial charge in [-0.2, -0.15) is 11.3 Å². The molecule has 0 aromatic carbocycles. The van der Waals surface area contributed by atoms with Crippen molar-refractivity contribution < 1.29 is 19.1 Å². The molecule has 0 radical (unpaired) electrons. The lowest BCUT2D eigenvalue weighted by Gasteiger charge is -2.11. The zero-order chi connectivity index (χ0) is 11.3. The summed E-state index contributed by atoms with van der Waals surface area (Å²) in [6.45, 7) is 1.94. The summed E-state index contributed by atoms with van der Waals surface area (Å²) in [5.74, 6) is -2.12. The van der Waals surface area contributed by atoms with Crippen molar-refractivity contribution in [2.24, 2.45) is 0 Å². The second-order valence-electron chi connectivity index (χ2n) is 2.76. The quantitative estimate of drug-likeness (QED) is 0.579. The Balaban J connectivity index is 2.88. The lowest BCUT2D eigenvalue weighted by molar-refractivity contribution is -0.155. The summed E-state index contributed by atoms with van der Waals surface area (Å²) in [5.41, 5.74) is 0.616. The lowest BCUT2D eigenvalue weighted by Crippen LogP contribution is -2.24. The SMILES string of the molecule is CCOC(=O)C(C(=O)OC)c1ccsc1. The lowest BCUT2D eigenvalue weighted by atomic mass is 10.0. The standard InChI is InChI=1S/C10H12O4S/c1-3-14-10(12)8(9(11)13-2)7-4-5-15-6-7/h4-6,8H,3H2,1-2H3. The first-order valence-electron chi connectivity index (χ1n) is 4.47. The third kappa shape index (κ3) is 2.79. The fourth-order valence-electron chi connectivity index (χ4n) is 1.15. The van der Waals surface area contributed by atoms with Gasteiger partial charge in [-0.1, -0.05) is 0 Å². The Morgan fingerprint density at radius 1 is 1.47 bits per heavy atom. The molecule has 0 fully saturated rings. The molecule has 15 heavy (non-hydrogen) atoms. The van der Waals surface area contributed by atoms with E-state index in [1.54, 1.807) is 23.8 Å². The van der Waals surface area contributed by atoms with Gasteiger partial charge in [0, 0.05) is 0 Å². The van der Waals surface area contributed by atoms with Gasteiger partial charge in [0.2, 0.25) is 0 Å². The van der Waals surface area contributed by atoms with Gasteiger partial charge >= 0.3 is 11.9 Å². The molecule has 0 N–H and O–H groups in total. The molecule has 0 aliphatic rings. The number of methoxy groups -OCH3 is 1. The zero-order valence-corrected chi connectivity index (χ0v) is 9.37. The van der Waals surface area contributed by atoms with Crippen molar-refractivity contribution >= 4 is 23.3 Å². The summed E-state index contributed by atoms with van der Waals surface area (Å²) in [7, 11) is 1.25. The zero-order valence-electron chi connectivity index (χ0n) is 8.56. The van der Waals surface area contributed by atoms with Crippen molar-refractivity contribution in [3.8, 4) is 0 Å². The average Bonchev–Trinajstić information content (AvgIpc) is 2.71. The van der Waals surface area contributed by atoms with Crippen LogP contribution in [0.3, 0.4) is 0 Å². The van der Waals surface area contributed by atoms with Gasteiger partial charge in [0.15, 0.2) is 5.92 Å². The molecular formula is C10H12O4S. The van der Waals surface area contributed by atoms with Crippen LogP contribution in [0.15, 0.2) is 16.8 Å². The molecule has 5 heteroatoms. The van der Waals surface area contributed by atoms with Crippen LogP contribution in [0.5, 0.6) is 0 Å². The molecule has 1 atom stereocenters. The number of carbonyl (C=O) groups is 2. The van der Waals surface area contributed by atoms with Crippen LogP contribution in [0.4, 0.5) is 0 Å². The second kappa shape index (κ2) is 5.50. The van der Waals surface area contributed by atoms with E-state index in [2.05, 4.69) is 4.74 Å². The Morgan fingerprint density at radius 3 is 2.67 bits per heavy atom. The Labute approximate surface area is 91.8 Å². The summed E-state index contributed by atoms with van der Waals surface area (Å²) in [6, 6.07) is 1.71. The van der Waals surface area contributed by atoms with Gasteiger partial charge in [-0.05, 0) is 29.3 Å². The van der Waals surface area contributed by atoms with Gasteiger partial charge in [-0.25, -0.2) is 0 Å². The minimum Gasteiger partial charge on any atom is -0.468 e. The molecule has 1 rings (SSSR count). The predicted molar refractivity (Wildman–Crippen MR) is 55.7 cm³/mol. The monoisotopic (exact) mass is 228 g/mol. The van der Waals surface area contributed by atoms with Crippen molar-refractivity contribution in [2.75, 3.05) is 13.7 Å². The molecule has 4 nitrogen and oxygen atoms in total. The van der Waals surface area contributed by atoms with Crippen molar-refractivity contribution in [3.05, 3.63) is 22.4 Å². The highest BCUT2D eigenvalue weighted by Gasteiger charge is 2.31. The minimum atomic E-state index is -0.957. The summed E-state index contributed by atoms with van der Waals surface area (Å²) in [4.78, 5) is 22.9. The number of thiophene rings is 1. The minimum absolute atomic E-state index is 0.246. The van der Waals surface area contributed by atoms with Crippen LogP contribution in [-0.2, 0) is 19.1 Å². The van der Waals surface area contributed by atoms with Crippen LogP contribution in [-0.4, -0.2) is 25.7 Å². The van der Waals surface area contributed by atoms with E-state index < -0.39 is 17.9 Å². The van der Waals surface area contributed by atoms with Crippen LogP contribution in [0.25, 0.3) is 0 Å². The molecule has 0 aliphatic heterocycles. The molecule has 1 aromatic rings. The van der Waals surface area contributed by atoms with Gasteiger partial charge in [-0.15, -0.1) is 0 Å². The molecule has 0 saturated heterocycles. The van der Waals surface area contributed by atoms with Crippen LogP contribution in [0.1, 0.15) is 18.4 Å². The van der Waals surface area contributed by atoms with Gasteiger partial charge < -0.3 is 9.47 Å². The average molecular weight is 228 g/mol. The first-order valence-corrected chi connectivity index (χ1v) is 5.41. The summed E-state index contributed by atoms with van der Waals surface area (Å²) < 4.78 is 9.38. The molecule has 82 valence electrons. The number of carbonyl (C=O) groups excluding carboxylic acids is 2. The third-order valence-corrected chi connectivity index (χ3v) is 2.54. The predicted octanol–water partition coefficient (Wildman–Crippen LogP) is 1.57. The first kappa shape index (κ1) is 11.7. The Hall–Kier alpha value is -1.36. The summed E-state index contributed by atoms with van der Waals surface area (Å²) in [6.07, 6.45) is 0. The molecule has 0 aliphatic carbocycles. The van der Waals surface area contributed by atoms with E-state index in [0.29, 0.717) is 5.56 Å². The fourth-order valence-corrected chi connectivity index (χ4v) is 1.84. The number of hydrogen-bond donors (Lipinski definition) is 0. The van der Waals surface area contributed by atoms with E-state index in [1.165, 1.54) is 18.4 Å². The van der Waals surface area contributed by atoms with E-state index >= 15 is 0 Å². The van der Waals surface area contributed by atoms with Crippen molar-refractivity contribution in [1.82, 2.24) is 0 Å². The van der Waals surface area contributed by atoms with Crippen LogP contribution in [0.2, 0.25) is 0 Å². The van der Waals surface area contributed by atoms with Crippen LogP contribution >= 0.6 is 11.3 Å². The highest BCUT2D eigenvalue weighted by atomic mass is 32.1. The van der Waals surface area contributed by atoms with Gasteiger partial charge in [0.25, 0.3) is 0 Å². The topological polar surface area (TPSA) is 52.6 Å². The maximum Gasteiger partial charge on any atom is 0.324 e. The maximum absolute atomic E-state index is 11.5. The van der Waals surface area contributed by atoms with E-state index in [-0.39, 0.29) is 6.61 Å². The van der Waals surface area contributed by atoms with E-state index in [9.17, 15) is 9.59 Å². The molecule has 1 heterocycles. The fraction of sp³-hybridized carbons (Fsp3) is 0.400. The Morgan fingerprint density at radius 2 is 2.20 bits per heavy atom. The Kier molecular flexibility index (Phi) is 4.30. The summed E-state index contributed by atoms with van der Waals surface area (Å²) >= 11 is 1.42. The molecule has 0 saturated carbocycles. The number of rotatable bonds is 4. The Bertz CT molecular complexity index is 331. The normalized spacial score (nSPS) is 11.9. The van der Waals surface area contributed by atoms with Gasteiger partial charge in [0.05, 0.1) is 13.7 Å². The third-order valence-electron chi connectivity index (χ3n) is 1.84. The number of esters is 2. The molecule has 0 amide bonds. The smallest absolute Gasteiger partial charge is 0.324 e. The second-order valence-corrected chi connectivity index (χ2v) is 3.54. The molecule has 0 spiro atoms. The highest BCUT2D eigenvalue weighted by Crippen LogP contribution is 2.21. The molecule has 1 unspecified atom stereocenters. The largest absolute Gasteiger partial charge is 0.468 e. The van der Waals surface area contributed by atoms with E-state index in [0.717, 1.165) is 0 Å². The molecule has 1 aromatic heterocycles. The number of ether oxygens (including phenoxy) is 2.